The molecule has 0 aliphatic carbocycles. The lowest BCUT2D eigenvalue weighted by molar-refractivity contribution is -0.137. The van der Waals surface area contributed by atoms with Gasteiger partial charge in [0, 0.05) is 12.5 Å². The number of alkyl halides is 3. The van der Waals surface area contributed by atoms with E-state index in [9.17, 15) is 13.2 Å². The third-order valence-corrected chi connectivity index (χ3v) is 3.71. The molecule has 1 aliphatic heterocycles. The smallest absolute Gasteiger partial charge is 0.387 e. The van der Waals surface area contributed by atoms with E-state index >= 15 is 0 Å². The Labute approximate surface area is 116 Å². The van der Waals surface area contributed by atoms with Crippen LogP contribution in [0.15, 0.2) is 24.3 Å². The fourth-order valence-electron chi connectivity index (χ4n) is 2.46. The Morgan fingerprint density at radius 1 is 1.20 bits per heavy atom. The second kappa shape index (κ2) is 5.83. The molecule has 0 atom stereocenters. The molecular formula is C14H18F3N3. The van der Waals surface area contributed by atoms with Crippen molar-refractivity contribution in [3.05, 3.63) is 35.4 Å². The Hall–Kier alpha value is -1.56. The molecule has 0 bridgehead atoms. The van der Waals surface area contributed by atoms with Crippen LogP contribution in [0.1, 0.15) is 24.0 Å². The number of benzene rings is 1. The highest BCUT2D eigenvalue weighted by atomic mass is 19.4. The first-order valence-corrected chi connectivity index (χ1v) is 6.58. The summed E-state index contributed by atoms with van der Waals surface area (Å²) < 4.78 is 37.4. The first kappa shape index (κ1) is 14.8. The molecule has 0 unspecified atom stereocenters. The van der Waals surface area contributed by atoms with Crippen LogP contribution in [-0.2, 0) is 12.7 Å². The van der Waals surface area contributed by atoms with Crippen molar-refractivity contribution in [2.45, 2.75) is 25.6 Å². The molecule has 1 fully saturated rings. The number of nitrogens with one attached hydrogen (secondary N) is 1. The normalized spacial score (nSPS) is 18.1. The molecular weight excluding hydrogens is 267 g/mol. The number of piperidine rings is 1. The lowest BCUT2D eigenvalue weighted by Gasteiger charge is -2.31. The Morgan fingerprint density at radius 2 is 1.75 bits per heavy atom. The van der Waals surface area contributed by atoms with E-state index in [1.54, 1.807) is 0 Å². The van der Waals surface area contributed by atoms with E-state index < -0.39 is 11.7 Å². The number of amidine groups is 1. The molecule has 0 saturated carbocycles. The monoisotopic (exact) mass is 285 g/mol. The highest BCUT2D eigenvalue weighted by Gasteiger charge is 2.30. The first-order chi connectivity index (χ1) is 9.36. The minimum Gasteiger partial charge on any atom is -0.387 e. The summed E-state index contributed by atoms with van der Waals surface area (Å²) in [5, 5.41) is 7.41. The summed E-state index contributed by atoms with van der Waals surface area (Å²) in [7, 11) is 0. The van der Waals surface area contributed by atoms with Gasteiger partial charge < -0.3 is 5.73 Å². The van der Waals surface area contributed by atoms with Gasteiger partial charge in [-0.05, 0) is 43.6 Å². The average Bonchev–Trinajstić information content (AvgIpc) is 2.39. The van der Waals surface area contributed by atoms with E-state index in [1.165, 1.54) is 12.1 Å². The number of nitrogens with zero attached hydrogens (tertiary/aromatic N) is 1. The van der Waals surface area contributed by atoms with E-state index in [-0.39, 0.29) is 11.8 Å². The van der Waals surface area contributed by atoms with Gasteiger partial charge in [0.05, 0.1) is 11.4 Å². The molecule has 20 heavy (non-hydrogen) atoms. The number of hydrogen-bond acceptors (Lipinski definition) is 2. The van der Waals surface area contributed by atoms with Crippen molar-refractivity contribution in [3.8, 4) is 0 Å². The van der Waals surface area contributed by atoms with Crippen LogP contribution >= 0.6 is 0 Å². The molecule has 1 aliphatic rings. The molecule has 6 heteroatoms. The Bertz CT molecular complexity index is 460. The van der Waals surface area contributed by atoms with E-state index in [2.05, 4.69) is 4.90 Å². The quantitative estimate of drug-likeness (QED) is 0.663. The lowest BCUT2D eigenvalue weighted by Crippen LogP contribution is -2.37. The summed E-state index contributed by atoms with van der Waals surface area (Å²) >= 11 is 0. The topological polar surface area (TPSA) is 53.1 Å². The molecule has 0 amide bonds. The minimum atomic E-state index is -4.28. The second-order valence-corrected chi connectivity index (χ2v) is 5.20. The Kier molecular flexibility index (Phi) is 4.32. The van der Waals surface area contributed by atoms with Gasteiger partial charge in [0.25, 0.3) is 0 Å². The standard InChI is InChI=1S/C14H18F3N3/c15-14(16,17)12-3-1-10(2-4-12)9-20-7-5-11(6-8-20)13(18)19/h1-4,11H,5-9H2,(H3,18,19). The zero-order valence-electron chi connectivity index (χ0n) is 11.1. The molecule has 1 aromatic rings. The molecule has 1 aromatic carbocycles. The van der Waals surface area contributed by atoms with E-state index in [0.29, 0.717) is 6.54 Å². The number of likely N-dealkylation sites (tertiary alicyclic amines) is 1. The average molecular weight is 285 g/mol. The molecule has 3 nitrogen and oxygen atoms in total. The van der Waals surface area contributed by atoms with Crippen molar-refractivity contribution < 1.29 is 13.2 Å². The van der Waals surface area contributed by atoms with Crippen molar-refractivity contribution in [2.24, 2.45) is 11.7 Å². The van der Waals surface area contributed by atoms with Gasteiger partial charge in [0.1, 0.15) is 0 Å². The number of rotatable bonds is 3. The van der Waals surface area contributed by atoms with Crippen LogP contribution in [0.3, 0.4) is 0 Å². The molecule has 3 N–H and O–H groups in total. The first-order valence-electron chi connectivity index (χ1n) is 6.58. The highest BCUT2D eigenvalue weighted by molar-refractivity contribution is 5.79. The van der Waals surface area contributed by atoms with Crippen molar-refractivity contribution >= 4 is 5.84 Å². The summed E-state index contributed by atoms with van der Waals surface area (Å²) in [5.41, 5.74) is 5.74. The summed E-state index contributed by atoms with van der Waals surface area (Å²) in [5.74, 6) is 0.387. The van der Waals surface area contributed by atoms with Crippen molar-refractivity contribution in [1.29, 1.82) is 5.41 Å². The second-order valence-electron chi connectivity index (χ2n) is 5.20. The molecule has 0 spiro atoms. The zero-order valence-corrected chi connectivity index (χ0v) is 11.1. The molecule has 2 rings (SSSR count). The number of hydrogen-bond donors (Lipinski definition) is 2. The predicted octanol–water partition coefficient (Wildman–Crippen LogP) is 2.85. The maximum Gasteiger partial charge on any atom is 0.416 e. The lowest BCUT2D eigenvalue weighted by atomic mass is 9.95. The minimum absolute atomic E-state index is 0.152. The van der Waals surface area contributed by atoms with Crippen LogP contribution in [0.4, 0.5) is 13.2 Å². The van der Waals surface area contributed by atoms with Crippen molar-refractivity contribution in [2.75, 3.05) is 13.1 Å². The van der Waals surface area contributed by atoms with E-state index in [1.807, 2.05) is 0 Å². The van der Waals surface area contributed by atoms with Crippen LogP contribution in [0.2, 0.25) is 0 Å². The molecule has 1 saturated heterocycles. The maximum absolute atomic E-state index is 12.5. The van der Waals surface area contributed by atoms with Gasteiger partial charge in [-0.2, -0.15) is 13.2 Å². The Balaban J connectivity index is 1.90. The van der Waals surface area contributed by atoms with Gasteiger partial charge in [-0.3, -0.25) is 10.3 Å². The van der Waals surface area contributed by atoms with Crippen LogP contribution in [0, 0.1) is 11.3 Å². The van der Waals surface area contributed by atoms with Crippen molar-refractivity contribution in [3.63, 3.8) is 0 Å². The predicted molar refractivity (Wildman–Crippen MR) is 71.4 cm³/mol. The highest BCUT2D eigenvalue weighted by Crippen LogP contribution is 2.29. The van der Waals surface area contributed by atoms with Crippen LogP contribution in [0.25, 0.3) is 0 Å². The Morgan fingerprint density at radius 3 is 2.20 bits per heavy atom. The SMILES string of the molecule is N=C(N)C1CCN(Cc2ccc(C(F)(F)F)cc2)CC1. The largest absolute Gasteiger partial charge is 0.416 e. The third kappa shape index (κ3) is 3.72. The van der Waals surface area contributed by atoms with Gasteiger partial charge in [0.15, 0.2) is 0 Å². The summed E-state index contributed by atoms with van der Waals surface area (Å²) in [6, 6.07) is 5.30. The van der Waals surface area contributed by atoms with Gasteiger partial charge in [-0.25, -0.2) is 0 Å². The summed E-state index contributed by atoms with van der Waals surface area (Å²) in [4.78, 5) is 2.18. The zero-order chi connectivity index (χ0) is 14.8. The molecule has 110 valence electrons. The molecule has 0 aromatic heterocycles. The van der Waals surface area contributed by atoms with Gasteiger partial charge in [-0.15, -0.1) is 0 Å². The van der Waals surface area contributed by atoms with Crippen molar-refractivity contribution in [1.82, 2.24) is 4.90 Å². The fourth-order valence-corrected chi connectivity index (χ4v) is 2.46. The van der Waals surface area contributed by atoms with Gasteiger partial charge in [0.2, 0.25) is 0 Å². The summed E-state index contributed by atoms with van der Waals surface area (Å²) in [6.45, 7) is 2.29. The van der Waals surface area contributed by atoms with Gasteiger partial charge in [-0.1, -0.05) is 12.1 Å². The van der Waals surface area contributed by atoms with Crippen LogP contribution < -0.4 is 5.73 Å². The molecule has 1 heterocycles. The maximum atomic E-state index is 12.5. The molecule has 0 radical (unpaired) electrons. The van der Waals surface area contributed by atoms with Crippen LogP contribution in [0.5, 0.6) is 0 Å². The fraction of sp³-hybridized carbons (Fsp3) is 0.500. The van der Waals surface area contributed by atoms with Gasteiger partial charge >= 0.3 is 6.18 Å². The number of nitrogens with two attached hydrogens (primary N) is 1. The van der Waals surface area contributed by atoms with Crippen LogP contribution in [-0.4, -0.2) is 23.8 Å². The van der Waals surface area contributed by atoms with E-state index in [4.69, 9.17) is 11.1 Å². The van der Waals surface area contributed by atoms with E-state index in [0.717, 1.165) is 43.6 Å². The number of halogens is 3. The third-order valence-electron chi connectivity index (χ3n) is 3.71. The summed E-state index contributed by atoms with van der Waals surface area (Å²) in [6.07, 6.45) is -2.59.